The molecule has 0 aliphatic rings. The van der Waals surface area contributed by atoms with E-state index in [4.69, 9.17) is 19.9 Å². The number of carbonyl (C=O) groups is 1. The Morgan fingerprint density at radius 2 is 1.82 bits per heavy atom. The molecule has 0 aromatic rings. The van der Waals surface area contributed by atoms with Crippen molar-refractivity contribution in [2.24, 2.45) is 11.7 Å². The lowest BCUT2D eigenvalue weighted by Crippen LogP contribution is -2.35. The van der Waals surface area contributed by atoms with Crippen LogP contribution in [0.25, 0.3) is 0 Å². The van der Waals surface area contributed by atoms with Gasteiger partial charge in [0.15, 0.2) is 0 Å². The van der Waals surface area contributed by atoms with Crippen LogP contribution in [-0.4, -0.2) is 64.3 Å². The Morgan fingerprint density at radius 1 is 1.18 bits per heavy atom. The lowest BCUT2D eigenvalue weighted by atomic mass is 10.1. The fraction of sp³-hybridized carbons (Fsp3) is 0.933. The lowest BCUT2D eigenvalue weighted by molar-refractivity contribution is -0.124. The maximum Gasteiger partial charge on any atom is 0.222 e. The lowest BCUT2D eigenvalue weighted by Gasteiger charge is -2.13. The average Bonchev–Trinajstić information content (AvgIpc) is 2.53. The minimum absolute atomic E-state index is 0.0190. The number of rotatable bonds is 14. The Labute approximate surface area is 132 Å². The highest BCUT2D eigenvalue weighted by Crippen LogP contribution is 2.00. The molecular formula is C15H31FN2O4. The summed E-state index contributed by atoms with van der Waals surface area (Å²) in [5.41, 5.74) is 5.40. The molecule has 7 heteroatoms. The predicted octanol–water partition coefficient (Wildman–Crippen LogP) is 0.884. The third-order valence-electron chi connectivity index (χ3n) is 3.19. The fourth-order valence-corrected chi connectivity index (χ4v) is 1.44. The second-order valence-corrected chi connectivity index (χ2v) is 5.26. The van der Waals surface area contributed by atoms with Gasteiger partial charge in [0.1, 0.15) is 6.17 Å². The van der Waals surface area contributed by atoms with E-state index in [1.807, 2.05) is 20.8 Å². The van der Waals surface area contributed by atoms with Crippen LogP contribution >= 0.6 is 0 Å². The number of amides is 1. The Hall–Kier alpha value is -0.760. The summed E-state index contributed by atoms with van der Waals surface area (Å²) >= 11 is 0. The van der Waals surface area contributed by atoms with Gasteiger partial charge in [0.25, 0.3) is 0 Å². The van der Waals surface area contributed by atoms with Gasteiger partial charge in [-0.15, -0.1) is 0 Å². The smallest absolute Gasteiger partial charge is 0.222 e. The highest BCUT2D eigenvalue weighted by Gasteiger charge is 2.13. The van der Waals surface area contributed by atoms with Crippen LogP contribution in [0.5, 0.6) is 0 Å². The van der Waals surface area contributed by atoms with E-state index in [9.17, 15) is 9.18 Å². The number of alkyl halides is 1. The molecule has 0 spiro atoms. The van der Waals surface area contributed by atoms with Gasteiger partial charge in [0.2, 0.25) is 5.91 Å². The minimum Gasteiger partial charge on any atom is -0.377 e. The van der Waals surface area contributed by atoms with E-state index in [-0.39, 0.29) is 31.1 Å². The molecular weight excluding hydrogens is 291 g/mol. The van der Waals surface area contributed by atoms with E-state index in [0.29, 0.717) is 33.0 Å². The van der Waals surface area contributed by atoms with Crippen molar-refractivity contribution in [3.8, 4) is 0 Å². The van der Waals surface area contributed by atoms with Gasteiger partial charge in [0, 0.05) is 12.5 Å². The summed E-state index contributed by atoms with van der Waals surface area (Å²) < 4.78 is 29.2. The second-order valence-electron chi connectivity index (χ2n) is 5.26. The Kier molecular flexibility index (Phi) is 13.4. The van der Waals surface area contributed by atoms with E-state index in [1.54, 1.807) is 0 Å². The molecule has 0 saturated carbocycles. The van der Waals surface area contributed by atoms with E-state index in [0.717, 1.165) is 6.42 Å². The van der Waals surface area contributed by atoms with Gasteiger partial charge in [-0.25, -0.2) is 4.39 Å². The molecule has 3 N–H and O–H groups in total. The van der Waals surface area contributed by atoms with Crippen molar-refractivity contribution in [3.63, 3.8) is 0 Å². The van der Waals surface area contributed by atoms with Crippen LogP contribution in [0, 0.1) is 5.92 Å². The third kappa shape index (κ3) is 11.9. The largest absolute Gasteiger partial charge is 0.377 e. The van der Waals surface area contributed by atoms with E-state index >= 15 is 0 Å². The first-order valence-electron chi connectivity index (χ1n) is 7.90. The predicted molar refractivity (Wildman–Crippen MR) is 83.5 cm³/mol. The standard InChI is InChI=1S/C15H31FN2O4/c1-4-12(2)15(19)18-10-14(16)11-21-6-5-20-7-8-22-13(3)9-17/h12-14H,4-11,17H2,1-3H3,(H,18,19). The summed E-state index contributed by atoms with van der Waals surface area (Å²) in [5, 5.41) is 2.57. The van der Waals surface area contributed by atoms with Gasteiger partial charge in [0.05, 0.1) is 45.7 Å². The molecule has 0 aromatic carbocycles. The molecule has 0 fully saturated rings. The molecule has 0 saturated heterocycles. The van der Waals surface area contributed by atoms with Crippen LogP contribution in [0.3, 0.4) is 0 Å². The van der Waals surface area contributed by atoms with Crippen molar-refractivity contribution >= 4 is 5.91 Å². The fourth-order valence-electron chi connectivity index (χ4n) is 1.44. The summed E-state index contributed by atoms with van der Waals surface area (Å²) in [6.07, 6.45) is -0.441. The van der Waals surface area contributed by atoms with Gasteiger partial charge in [-0.3, -0.25) is 4.79 Å². The van der Waals surface area contributed by atoms with Crippen molar-refractivity contribution in [1.82, 2.24) is 5.32 Å². The van der Waals surface area contributed by atoms with Crippen molar-refractivity contribution < 1.29 is 23.4 Å². The van der Waals surface area contributed by atoms with E-state index in [2.05, 4.69) is 5.32 Å². The van der Waals surface area contributed by atoms with Crippen molar-refractivity contribution in [2.75, 3.05) is 46.1 Å². The molecule has 3 atom stereocenters. The van der Waals surface area contributed by atoms with E-state index in [1.165, 1.54) is 0 Å². The number of hydrogen-bond donors (Lipinski definition) is 2. The summed E-state index contributed by atoms with van der Waals surface area (Å²) in [6, 6.07) is 0. The SMILES string of the molecule is CCC(C)C(=O)NCC(F)COCCOCCOC(C)CN. The quantitative estimate of drug-likeness (QED) is 0.464. The molecule has 6 nitrogen and oxygen atoms in total. The van der Waals surface area contributed by atoms with Crippen LogP contribution in [-0.2, 0) is 19.0 Å². The Bertz CT molecular complexity index is 282. The highest BCUT2D eigenvalue weighted by atomic mass is 19.1. The maximum absolute atomic E-state index is 13.5. The van der Waals surface area contributed by atoms with Crippen molar-refractivity contribution in [1.29, 1.82) is 0 Å². The number of nitrogens with two attached hydrogens (primary N) is 1. The number of nitrogens with one attached hydrogen (secondary N) is 1. The Morgan fingerprint density at radius 3 is 2.45 bits per heavy atom. The summed E-state index contributed by atoms with van der Waals surface area (Å²) in [4.78, 5) is 11.5. The zero-order chi connectivity index (χ0) is 16.8. The van der Waals surface area contributed by atoms with Crippen LogP contribution in [0.1, 0.15) is 27.2 Å². The maximum atomic E-state index is 13.5. The number of halogens is 1. The Balaban J connectivity index is 3.38. The van der Waals surface area contributed by atoms with Gasteiger partial charge in [-0.1, -0.05) is 13.8 Å². The molecule has 0 rings (SSSR count). The highest BCUT2D eigenvalue weighted by molar-refractivity contribution is 5.78. The van der Waals surface area contributed by atoms with Crippen LogP contribution in [0.4, 0.5) is 4.39 Å². The normalized spacial score (nSPS) is 15.3. The number of ether oxygens (including phenoxy) is 3. The van der Waals surface area contributed by atoms with E-state index < -0.39 is 6.17 Å². The van der Waals surface area contributed by atoms with Gasteiger partial charge in [-0.05, 0) is 13.3 Å². The molecule has 22 heavy (non-hydrogen) atoms. The summed E-state index contributed by atoms with van der Waals surface area (Å²) in [5.74, 6) is -0.217. The van der Waals surface area contributed by atoms with Crippen LogP contribution < -0.4 is 11.1 Å². The monoisotopic (exact) mass is 322 g/mol. The zero-order valence-electron chi connectivity index (χ0n) is 14.0. The molecule has 0 aromatic heterocycles. The number of carbonyl (C=O) groups excluding carboxylic acids is 1. The van der Waals surface area contributed by atoms with Gasteiger partial charge < -0.3 is 25.3 Å². The first-order valence-corrected chi connectivity index (χ1v) is 7.90. The molecule has 0 bridgehead atoms. The number of hydrogen-bond acceptors (Lipinski definition) is 5. The average molecular weight is 322 g/mol. The molecule has 0 radical (unpaired) electrons. The van der Waals surface area contributed by atoms with Gasteiger partial charge in [-0.2, -0.15) is 0 Å². The first kappa shape index (κ1) is 21.2. The van der Waals surface area contributed by atoms with Crippen LogP contribution in [0.2, 0.25) is 0 Å². The topological polar surface area (TPSA) is 82.8 Å². The molecule has 132 valence electrons. The van der Waals surface area contributed by atoms with Crippen molar-refractivity contribution in [3.05, 3.63) is 0 Å². The van der Waals surface area contributed by atoms with Gasteiger partial charge >= 0.3 is 0 Å². The summed E-state index contributed by atoms with van der Waals surface area (Å²) in [7, 11) is 0. The molecule has 0 aliphatic carbocycles. The van der Waals surface area contributed by atoms with Crippen LogP contribution in [0.15, 0.2) is 0 Å². The van der Waals surface area contributed by atoms with Crippen molar-refractivity contribution in [2.45, 2.75) is 39.5 Å². The molecule has 0 aliphatic heterocycles. The molecule has 0 heterocycles. The minimum atomic E-state index is -1.21. The molecule has 1 amide bonds. The summed E-state index contributed by atoms with van der Waals surface area (Å²) in [6.45, 7) is 7.66. The second kappa shape index (κ2) is 13.9. The third-order valence-corrected chi connectivity index (χ3v) is 3.19. The zero-order valence-corrected chi connectivity index (χ0v) is 14.0. The molecule has 3 unspecified atom stereocenters. The first-order chi connectivity index (χ1) is 10.5.